The summed E-state index contributed by atoms with van der Waals surface area (Å²) in [6.45, 7) is 1.85. The van der Waals surface area contributed by atoms with E-state index in [0.29, 0.717) is 29.9 Å². The number of hydrogen-bond acceptors (Lipinski definition) is 7. The van der Waals surface area contributed by atoms with Gasteiger partial charge in [-0.1, -0.05) is 16.4 Å². The highest BCUT2D eigenvalue weighted by atomic mass is 32.1. The molecule has 0 atom stereocenters. The third-order valence-corrected chi connectivity index (χ3v) is 4.12. The first-order chi connectivity index (χ1) is 9.88. The van der Waals surface area contributed by atoms with Crippen molar-refractivity contribution >= 4 is 11.3 Å². The first-order valence-corrected chi connectivity index (χ1v) is 7.24. The summed E-state index contributed by atoms with van der Waals surface area (Å²) in [7, 11) is 0. The molecule has 4 rings (SSSR count). The Balaban J connectivity index is 1.53. The molecule has 0 aliphatic carbocycles. The van der Waals surface area contributed by atoms with Gasteiger partial charge in [0.1, 0.15) is 0 Å². The molecular weight excluding hydrogens is 276 g/mol. The SMILES string of the molecule is c1csc(Cc2noc(-c3cn(C4CNC4)nn3)n2)c1. The third-order valence-electron chi connectivity index (χ3n) is 3.24. The van der Waals surface area contributed by atoms with Crippen LogP contribution in [0, 0.1) is 0 Å². The lowest BCUT2D eigenvalue weighted by atomic mass is 10.2. The summed E-state index contributed by atoms with van der Waals surface area (Å²) >= 11 is 1.68. The maximum Gasteiger partial charge on any atom is 0.280 e. The van der Waals surface area contributed by atoms with Gasteiger partial charge < -0.3 is 9.84 Å². The van der Waals surface area contributed by atoms with Crippen LogP contribution in [0.3, 0.4) is 0 Å². The van der Waals surface area contributed by atoms with E-state index in [1.165, 1.54) is 4.88 Å². The minimum absolute atomic E-state index is 0.379. The van der Waals surface area contributed by atoms with Crippen molar-refractivity contribution in [3.8, 4) is 11.6 Å². The Morgan fingerprint density at radius 1 is 1.45 bits per heavy atom. The Morgan fingerprint density at radius 2 is 2.40 bits per heavy atom. The van der Waals surface area contributed by atoms with E-state index < -0.39 is 0 Å². The first kappa shape index (κ1) is 11.7. The van der Waals surface area contributed by atoms with Crippen LogP contribution in [-0.2, 0) is 6.42 Å². The van der Waals surface area contributed by atoms with Crippen molar-refractivity contribution in [3.05, 3.63) is 34.4 Å². The smallest absolute Gasteiger partial charge is 0.280 e. The summed E-state index contributed by atoms with van der Waals surface area (Å²) in [5, 5.41) is 17.4. The van der Waals surface area contributed by atoms with Gasteiger partial charge in [-0.25, -0.2) is 4.68 Å². The zero-order valence-electron chi connectivity index (χ0n) is 10.6. The maximum atomic E-state index is 5.26. The predicted octanol–water partition coefficient (Wildman–Crippen LogP) is 1.12. The van der Waals surface area contributed by atoms with Gasteiger partial charge in [0.15, 0.2) is 11.5 Å². The average molecular weight is 288 g/mol. The lowest BCUT2D eigenvalue weighted by Gasteiger charge is -2.26. The fourth-order valence-electron chi connectivity index (χ4n) is 2.01. The van der Waals surface area contributed by atoms with Crippen molar-refractivity contribution in [2.24, 2.45) is 0 Å². The van der Waals surface area contributed by atoms with Crippen LogP contribution < -0.4 is 5.32 Å². The van der Waals surface area contributed by atoms with Crippen LogP contribution in [-0.4, -0.2) is 38.2 Å². The van der Waals surface area contributed by atoms with Gasteiger partial charge in [0, 0.05) is 24.4 Å². The molecule has 8 heteroatoms. The summed E-state index contributed by atoms with van der Waals surface area (Å²) in [6.07, 6.45) is 2.54. The van der Waals surface area contributed by atoms with Gasteiger partial charge in [-0.2, -0.15) is 4.98 Å². The Bertz CT molecular complexity index is 699. The van der Waals surface area contributed by atoms with Crippen molar-refractivity contribution in [1.29, 1.82) is 0 Å². The van der Waals surface area contributed by atoms with E-state index in [1.54, 1.807) is 11.3 Å². The van der Waals surface area contributed by atoms with Gasteiger partial charge in [0.25, 0.3) is 5.89 Å². The lowest BCUT2D eigenvalue weighted by molar-refractivity contribution is 0.313. The van der Waals surface area contributed by atoms with E-state index in [-0.39, 0.29) is 0 Å². The van der Waals surface area contributed by atoms with Crippen LogP contribution in [0.1, 0.15) is 16.7 Å². The molecule has 0 spiro atoms. The second-order valence-electron chi connectivity index (χ2n) is 4.67. The number of thiophene rings is 1. The van der Waals surface area contributed by atoms with Gasteiger partial charge in [0.05, 0.1) is 12.2 Å². The molecule has 0 bridgehead atoms. The van der Waals surface area contributed by atoms with Crippen molar-refractivity contribution in [1.82, 2.24) is 30.5 Å². The fourth-order valence-corrected chi connectivity index (χ4v) is 2.71. The number of rotatable bonds is 4. The molecule has 7 nitrogen and oxygen atoms in total. The van der Waals surface area contributed by atoms with Gasteiger partial charge in [-0.05, 0) is 11.4 Å². The molecule has 0 aromatic carbocycles. The monoisotopic (exact) mass is 288 g/mol. The van der Waals surface area contributed by atoms with E-state index >= 15 is 0 Å². The highest BCUT2D eigenvalue weighted by Gasteiger charge is 2.21. The van der Waals surface area contributed by atoms with Gasteiger partial charge in [-0.3, -0.25) is 0 Å². The van der Waals surface area contributed by atoms with Crippen molar-refractivity contribution < 1.29 is 4.52 Å². The average Bonchev–Trinajstić information content (AvgIpc) is 3.07. The summed E-state index contributed by atoms with van der Waals surface area (Å²) in [5.41, 5.74) is 0.627. The number of nitrogens with zero attached hydrogens (tertiary/aromatic N) is 5. The van der Waals surface area contributed by atoms with Crippen LogP contribution in [0.4, 0.5) is 0 Å². The second kappa shape index (κ2) is 4.80. The standard InChI is InChI=1S/C12H12N6OS/c1-2-9(20-3-1)4-11-14-12(19-16-11)10-7-18(17-15-10)8-5-13-6-8/h1-3,7-8,13H,4-6H2. The van der Waals surface area contributed by atoms with Gasteiger partial charge in [-0.15, -0.1) is 16.4 Å². The zero-order chi connectivity index (χ0) is 13.4. The van der Waals surface area contributed by atoms with E-state index in [0.717, 1.165) is 13.1 Å². The quantitative estimate of drug-likeness (QED) is 0.775. The molecule has 20 heavy (non-hydrogen) atoms. The molecule has 0 saturated carbocycles. The predicted molar refractivity (Wildman–Crippen MR) is 72.3 cm³/mol. The van der Waals surface area contributed by atoms with E-state index in [9.17, 15) is 0 Å². The minimum Gasteiger partial charge on any atom is -0.332 e. The number of nitrogens with one attached hydrogen (secondary N) is 1. The number of hydrogen-bond donors (Lipinski definition) is 1. The van der Waals surface area contributed by atoms with E-state index in [4.69, 9.17) is 4.52 Å². The summed E-state index contributed by atoms with van der Waals surface area (Å²) in [4.78, 5) is 5.58. The van der Waals surface area contributed by atoms with Crippen LogP contribution >= 0.6 is 11.3 Å². The lowest BCUT2D eigenvalue weighted by Crippen LogP contribution is -2.43. The van der Waals surface area contributed by atoms with Crippen LogP contribution in [0.2, 0.25) is 0 Å². The van der Waals surface area contributed by atoms with Crippen LogP contribution in [0.25, 0.3) is 11.6 Å². The molecule has 102 valence electrons. The van der Waals surface area contributed by atoms with Crippen molar-refractivity contribution in [2.45, 2.75) is 12.5 Å². The molecule has 1 saturated heterocycles. The molecule has 0 unspecified atom stereocenters. The maximum absolute atomic E-state index is 5.26. The molecule has 1 aliphatic heterocycles. The molecular formula is C12H12N6OS. The van der Waals surface area contributed by atoms with E-state index in [1.807, 2.05) is 22.3 Å². The Kier molecular flexibility index (Phi) is 2.82. The Morgan fingerprint density at radius 3 is 3.15 bits per heavy atom. The van der Waals surface area contributed by atoms with E-state index in [2.05, 4.69) is 31.8 Å². The summed E-state index contributed by atoms with van der Waals surface area (Å²) in [5.74, 6) is 1.09. The molecule has 1 fully saturated rings. The fraction of sp³-hybridized carbons (Fsp3) is 0.333. The minimum atomic E-state index is 0.379. The molecule has 1 aliphatic rings. The summed E-state index contributed by atoms with van der Waals surface area (Å²) < 4.78 is 7.10. The molecule has 0 amide bonds. The molecule has 0 radical (unpaired) electrons. The summed E-state index contributed by atoms with van der Waals surface area (Å²) in [6, 6.07) is 4.45. The van der Waals surface area contributed by atoms with Crippen molar-refractivity contribution in [3.63, 3.8) is 0 Å². The highest BCUT2D eigenvalue weighted by Crippen LogP contribution is 2.19. The Labute approximate surface area is 118 Å². The first-order valence-electron chi connectivity index (χ1n) is 6.36. The zero-order valence-corrected chi connectivity index (χ0v) is 11.4. The normalized spacial score (nSPS) is 15.4. The van der Waals surface area contributed by atoms with Crippen LogP contribution in [0.5, 0.6) is 0 Å². The highest BCUT2D eigenvalue weighted by molar-refractivity contribution is 7.09. The Hall–Kier alpha value is -2.06. The molecule has 3 aromatic heterocycles. The van der Waals surface area contributed by atoms with Gasteiger partial charge in [0.2, 0.25) is 0 Å². The van der Waals surface area contributed by atoms with Crippen molar-refractivity contribution in [2.75, 3.05) is 13.1 Å². The third kappa shape index (κ3) is 2.12. The molecule has 3 aromatic rings. The van der Waals surface area contributed by atoms with Gasteiger partial charge >= 0.3 is 0 Å². The molecule has 4 heterocycles. The van der Waals surface area contributed by atoms with Crippen LogP contribution in [0.15, 0.2) is 28.2 Å². The topological polar surface area (TPSA) is 81.7 Å². The number of aromatic nitrogens is 5. The second-order valence-corrected chi connectivity index (χ2v) is 5.70. The largest absolute Gasteiger partial charge is 0.332 e. The molecule has 1 N–H and O–H groups in total.